The molecule has 0 amide bonds. The van der Waals surface area contributed by atoms with Gasteiger partial charge in [0.05, 0.1) is 10.5 Å². The molecule has 2 atom stereocenters. The van der Waals surface area contributed by atoms with Crippen LogP contribution >= 0.6 is 0 Å². The van der Waals surface area contributed by atoms with E-state index in [1.807, 2.05) is 0 Å². The van der Waals surface area contributed by atoms with Gasteiger partial charge in [-0.05, 0) is 41.0 Å². The molecule has 8 heteroatoms. The predicted molar refractivity (Wildman–Crippen MR) is 73.8 cm³/mol. The molecular formula is C11H24O6S2. The van der Waals surface area contributed by atoms with Crippen LogP contribution in [0.25, 0.3) is 0 Å². The van der Waals surface area contributed by atoms with Crippen LogP contribution in [-0.4, -0.2) is 39.5 Å². The molecule has 0 aliphatic rings. The van der Waals surface area contributed by atoms with Crippen LogP contribution in [-0.2, 0) is 28.6 Å². The van der Waals surface area contributed by atoms with Gasteiger partial charge in [-0.2, -0.15) is 16.8 Å². The Morgan fingerprint density at radius 2 is 1.16 bits per heavy atom. The van der Waals surface area contributed by atoms with Gasteiger partial charge in [0.15, 0.2) is 0 Å². The van der Waals surface area contributed by atoms with Gasteiger partial charge >= 0.3 is 0 Å². The Bertz CT molecular complexity index is 463. The average molecular weight is 316 g/mol. The van der Waals surface area contributed by atoms with E-state index >= 15 is 0 Å². The van der Waals surface area contributed by atoms with Gasteiger partial charge in [-0.1, -0.05) is 6.92 Å². The minimum Gasteiger partial charge on any atom is -0.264 e. The lowest BCUT2D eigenvalue weighted by Crippen LogP contribution is -2.36. The number of hydrogen-bond donors (Lipinski definition) is 0. The molecule has 19 heavy (non-hydrogen) atoms. The third-order valence-corrected chi connectivity index (χ3v) is 6.02. The summed E-state index contributed by atoms with van der Waals surface area (Å²) >= 11 is 0. The van der Waals surface area contributed by atoms with Gasteiger partial charge in [-0.25, -0.2) is 0 Å². The molecule has 0 fully saturated rings. The van der Waals surface area contributed by atoms with E-state index in [2.05, 4.69) is 0 Å². The second-order valence-electron chi connectivity index (χ2n) is 4.93. The third-order valence-electron chi connectivity index (χ3n) is 2.62. The van der Waals surface area contributed by atoms with Crippen molar-refractivity contribution >= 4 is 20.2 Å². The fourth-order valence-electron chi connectivity index (χ4n) is 1.15. The standard InChI is InChI=1S/C11H24O6S2/c1-7-11(17-19(14,15)9(4)5)10(6)16-18(12,13)8(2)3/h8-11H,7H2,1-6H3. The van der Waals surface area contributed by atoms with Gasteiger partial charge in [-0.15, -0.1) is 0 Å². The van der Waals surface area contributed by atoms with Gasteiger partial charge in [0, 0.05) is 0 Å². The largest absolute Gasteiger partial charge is 0.270 e. The SMILES string of the molecule is CCC(OS(=O)(=O)C(C)C)C(C)OS(=O)(=O)C(C)C. The van der Waals surface area contributed by atoms with Crippen molar-refractivity contribution in [3.05, 3.63) is 0 Å². The first kappa shape index (κ1) is 18.8. The van der Waals surface area contributed by atoms with Crippen LogP contribution in [0.2, 0.25) is 0 Å². The summed E-state index contributed by atoms with van der Waals surface area (Å²) in [6.45, 7) is 9.19. The van der Waals surface area contributed by atoms with E-state index in [0.717, 1.165) is 0 Å². The molecule has 0 N–H and O–H groups in total. The lowest BCUT2D eigenvalue weighted by molar-refractivity contribution is 0.0705. The highest BCUT2D eigenvalue weighted by atomic mass is 32.2. The molecule has 0 aliphatic carbocycles. The summed E-state index contributed by atoms with van der Waals surface area (Å²) in [5, 5.41) is -1.37. The molecule has 0 aromatic rings. The van der Waals surface area contributed by atoms with Crippen LogP contribution < -0.4 is 0 Å². The highest BCUT2D eigenvalue weighted by Gasteiger charge is 2.30. The molecule has 0 rings (SSSR count). The van der Waals surface area contributed by atoms with E-state index in [4.69, 9.17) is 8.37 Å². The zero-order valence-electron chi connectivity index (χ0n) is 12.3. The average Bonchev–Trinajstić information content (AvgIpc) is 2.24. The molecule has 0 heterocycles. The van der Waals surface area contributed by atoms with E-state index in [9.17, 15) is 16.8 Å². The first-order valence-corrected chi connectivity index (χ1v) is 9.22. The van der Waals surface area contributed by atoms with Gasteiger partial charge in [0.2, 0.25) is 0 Å². The van der Waals surface area contributed by atoms with Crippen LogP contribution in [0.1, 0.15) is 48.0 Å². The molecule has 0 spiro atoms. The zero-order chi connectivity index (χ0) is 15.4. The Morgan fingerprint density at radius 1 is 0.789 bits per heavy atom. The second-order valence-corrected chi connectivity index (χ2v) is 9.17. The monoisotopic (exact) mass is 316 g/mol. The van der Waals surface area contributed by atoms with E-state index in [1.165, 1.54) is 34.6 Å². The van der Waals surface area contributed by atoms with Crippen LogP contribution in [0.5, 0.6) is 0 Å². The van der Waals surface area contributed by atoms with Gasteiger partial charge in [0.1, 0.15) is 12.2 Å². The minimum atomic E-state index is -3.71. The molecule has 116 valence electrons. The van der Waals surface area contributed by atoms with Crippen molar-refractivity contribution in [3.63, 3.8) is 0 Å². The summed E-state index contributed by atoms with van der Waals surface area (Å²) in [5.74, 6) is 0. The topological polar surface area (TPSA) is 86.7 Å². The Hall–Kier alpha value is -0.180. The van der Waals surface area contributed by atoms with E-state index in [0.29, 0.717) is 6.42 Å². The van der Waals surface area contributed by atoms with E-state index in [-0.39, 0.29) is 0 Å². The fraction of sp³-hybridized carbons (Fsp3) is 1.00. The maximum absolute atomic E-state index is 11.7. The second kappa shape index (κ2) is 7.01. The molecule has 0 aliphatic heterocycles. The van der Waals surface area contributed by atoms with Crippen molar-refractivity contribution in [2.45, 2.75) is 70.7 Å². The number of hydrogen-bond acceptors (Lipinski definition) is 6. The summed E-state index contributed by atoms with van der Waals surface area (Å²) in [4.78, 5) is 0. The predicted octanol–water partition coefficient (Wildman–Crippen LogP) is 1.66. The lowest BCUT2D eigenvalue weighted by atomic mass is 10.2. The molecule has 0 bridgehead atoms. The maximum Gasteiger partial charge on any atom is 0.270 e. The van der Waals surface area contributed by atoms with Crippen molar-refractivity contribution in [1.82, 2.24) is 0 Å². The summed E-state index contributed by atoms with van der Waals surface area (Å²) in [7, 11) is -7.41. The molecule has 0 aromatic carbocycles. The summed E-state index contributed by atoms with van der Waals surface area (Å²) in [6.07, 6.45) is -1.34. The van der Waals surface area contributed by atoms with Crippen LogP contribution in [0, 0.1) is 0 Å². The Balaban J connectivity index is 4.90. The van der Waals surface area contributed by atoms with E-state index < -0.39 is 42.9 Å². The zero-order valence-corrected chi connectivity index (χ0v) is 13.9. The molecule has 2 unspecified atom stereocenters. The lowest BCUT2D eigenvalue weighted by Gasteiger charge is -2.24. The van der Waals surface area contributed by atoms with Crippen molar-refractivity contribution in [1.29, 1.82) is 0 Å². The maximum atomic E-state index is 11.7. The van der Waals surface area contributed by atoms with Crippen molar-refractivity contribution < 1.29 is 25.2 Å². The molecule has 0 saturated carbocycles. The Labute approximate surface area is 116 Å². The molecule has 0 aromatic heterocycles. The van der Waals surface area contributed by atoms with Crippen molar-refractivity contribution in [3.8, 4) is 0 Å². The minimum absolute atomic E-state index is 0.334. The highest BCUT2D eigenvalue weighted by molar-refractivity contribution is 7.87. The molecule has 0 radical (unpaired) electrons. The van der Waals surface area contributed by atoms with E-state index in [1.54, 1.807) is 6.92 Å². The van der Waals surface area contributed by atoms with Crippen LogP contribution in [0.4, 0.5) is 0 Å². The summed E-state index contributed by atoms with van der Waals surface area (Å²) < 4.78 is 56.6. The van der Waals surface area contributed by atoms with Crippen LogP contribution in [0.3, 0.4) is 0 Å². The van der Waals surface area contributed by atoms with Crippen molar-refractivity contribution in [2.24, 2.45) is 0 Å². The normalized spacial score (nSPS) is 16.8. The fourth-order valence-corrected chi connectivity index (χ4v) is 2.77. The Kier molecular flexibility index (Phi) is 6.94. The molecule has 6 nitrogen and oxygen atoms in total. The number of rotatable bonds is 8. The summed E-state index contributed by atoms with van der Waals surface area (Å²) in [5.41, 5.74) is 0. The van der Waals surface area contributed by atoms with Gasteiger partial charge < -0.3 is 0 Å². The highest BCUT2D eigenvalue weighted by Crippen LogP contribution is 2.17. The molecular weight excluding hydrogens is 292 g/mol. The molecule has 0 saturated heterocycles. The van der Waals surface area contributed by atoms with Crippen LogP contribution in [0.15, 0.2) is 0 Å². The Morgan fingerprint density at radius 3 is 1.47 bits per heavy atom. The van der Waals surface area contributed by atoms with Gasteiger partial charge in [-0.3, -0.25) is 8.37 Å². The quantitative estimate of drug-likeness (QED) is 0.633. The first-order chi connectivity index (χ1) is 8.44. The third kappa shape index (κ3) is 5.76. The summed E-state index contributed by atoms with van der Waals surface area (Å²) in [6, 6.07) is 0. The van der Waals surface area contributed by atoms with Crippen molar-refractivity contribution in [2.75, 3.05) is 0 Å². The first-order valence-electron chi connectivity index (χ1n) is 6.28. The van der Waals surface area contributed by atoms with Gasteiger partial charge in [0.25, 0.3) is 20.2 Å². The smallest absolute Gasteiger partial charge is 0.264 e.